The summed E-state index contributed by atoms with van der Waals surface area (Å²) in [5.74, 6) is 0.667. The smallest absolute Gasteiger partial charge is 0.409 e. The van der Waals surface area contributed by atoms with E-state index in [2.05, 4.69) is 16.8 Å². The molecule has 1 atom stereocenters. The van der Waals surface area contributed by atoms with E-state index in [0.29, 0.717) is 17.1 Å². The van der Waals surface area contributed by atoms with Gasteiger partial charge in [-0.25, -0.2) is 9.78 Å². The van der Waals surface area contributed by atoms with Crippen LogP contribution in [0.1, 0.15) is 43.2 Å². The summed E-state index contributed by atoms with van der Waals surface area (Å²) < 4.78 is 4.84. The molecule has 25 heavy (non-hydrogen) atoms. The number of hydrogen-bond donors (Lipinski definition) is 1. The molecule has 2 aliphatic rings. The van der Waals surface area contributed by atoms with Gasteiger partial charge in [-0.15, -0.1) is 11.3 Å². The van der Waals surface area contributed by atoms with Gasteiger partial charge in [-0.05, 0) is 51.0 Å². The Balaban J connectivity index is 1.56. The fraction of sp³-hybridized carbons (Fsp3) is 0.778. The number of hydrogen-bond acceptors (Lipinski definition) is 6. The maximum Gasteiger partial charge on any atom is 0.409 e. The van der Waals surface area contributed by atoms with Crippen LogP contribution in [0.15, 0.2) is 0 Å². The summed E-state index contributed by atoms with van der Waals surface area (Å²) in [6, 6.07) is 0.603. The topological polar surface area (TPSA) is 71.7 Å². The molecule has 1 fully saturated rings. The highest BCUT2D eigenvalue weighted by molar-refractivity contribution is 7.15. The van der Waals surface area contributed by atoms with Crippen molar-refractivity contribution in [3.63, 3.8) is 0 Å². The third kappa shape index (κ3) is 4.44. The van der Waals surface area contributed by atoms with Crippen LogP contribution in [0.25, 0.3) is 0 Å². The van der Waals surface area contributed by atoms with E-state index in [1.54, 1.807) is 11.3 Å². The lowest BCUT2D eigenvalue weighted by molar-refractivity contribution is 0.0884. The molecule has 0 radical (unpaired) electrons. The number of thiazole rings is 1. The Morgan fingerprint density at radius 1 is 1.40 bits per heavy atom. The van der Waals surface area contributed by atoms with Gasteiger partial charge >= 0.3 is 6.09 Å². The van der Waals surface area contributed by atoms with E-state index in [0.717, 1.165) is 51.9 Å². The number of carbonyl (C=O) groups excluding carboxylic acids is 1. The monoisotopic (exact) mass is 366 g/mol. The lowest BCUT2D eigenvalue weighted by atomic mass is 9.92. The third-order valence-electron chi connectivity index (χ3n) is 5.50. The van der Waals surface area contributed by atoms with Crippen LogP contribution in [-0.4, -0.2) is 60.2 Å². The Labute approximate surface area is 154 Å². The van der Waals surface area contributed by atoms with E-state index >= 15 is 0 Å². The molecule has 1 amide bonds. The van der Waals surface area contributed by atoms with Gasteiger partial charge in [0.1, 0.15) is 0 Å². The molecule has 1 aliphatic carbocycles. The number of amides is 1. The molecule has 0 aromatic carbocycles. The number of piperidine rings is 1. The largest absolute Gasteiger partial charge is 0.453 e. The fourth-order valence-corrected chi connectivity index (χ4v) is 5.11. The van der Waals surface area contributed by atoms with E-state index in [4.69, 9.17) is 10.5 Å². The molecule has 1 saturated heterocycles. The van der Waals surface area contributed by atoms with Gasteiger partial charge in [0, 0.05) is 30.6 Å². The predicted octanol–water partition coefficient (Wildman–Crippen LogP) is 2.77. The molecule has 1 aromatic rings. The van der Waals surface area contributed by atoms with Crippen molar-refractivity contribution in [3.8, 4) is 0 Å². The van der Waals surface area contributed by atoms with Crippen molar-refractivity contribution in [1.29, 1.82) is 0 Å². The SMILES string of the molecule is CCCN(CC1CCN(C(=O)OC)CC1)[C@@H]1CCc2nc(N)sc2C1. The van der Waals surface area contributed by atoms with Gasteiger partial charge in [0.15, 0.2) is 5.13 Å². The minimum atomic E-state index is -0.188. The molecule has 2 N–H and O–H groups in total. The maximum absolute atomic E-state index is 11.6. The van der Waals surface area contributed by atoms with E-state index in [-0.39, 0.29) is 6.09 Å². The Bertz CT molecular complexity index is 584. The molecule has 0 unspecified atom stereocenters. The van der Waals surface area contributed by atoms with Gasteiger partial charge in [0.05, 0.1) is 12.8 Å². The van der Waals surface area contributed by atoms with Crippen LogP contribution >= 0.6 is 11.3 Å². The summed E-state index contributed by atoms with van der Waals surface area (Å²) in [6.07, 6.45) is 6.44. The van der Waals surface area contributed by atoms with Crippen LogP contribution in [0.5, 0.6) is 0 Å². The molecule has 0 saturated carbocycles. The summed E-state index contributed by atoms with van der Waals surface area (Å²) in [5.41, 5.74) is 7.11. The van der Waals surface area contributed by atoms with Crippen molar-refractivity contribution in [2.24, 2.45) is 5.92 Å². The number of ether oxygens (including phenoxy) is 1. The minimum absolute atomic E-state index is 0.188. The summed E-state index contributed by atoms with van der Waals surface area (Å²) >= 11 is 1.66. The second-order valence-electron chi connectivity index (χ2n) is 7.21. The normalized spacial score (nSPS) is 21.4. The number of anilines is 1. The van der Waals surface area contributed by atoms with Crippen LogP contribution in [0, 0.1) is 5.92 Å². The summed E-state index contributed by atoms with van der Waals surface area (Å²) in [6.45, 7) is 6.17. The average molecular weight is 367 g/mol. The zero-order valence-corrected chi connectivity index (χ0v) is 16.2. The average Bonchev–Trinajstić information content (AvgIpc) is 3.00. The number of rotatable bonds is 5. The summed E-state index contributed by atoms with van der Waals surface area (Å²) in [5, 5.41) is 0.711. The summed E-state index contributed by atoms with van der Waals surface area (Å²) in [4.78, 5) is 22.0. The number of likely N-dealkylation sites (tertiary alicyclic amines) is 1. The van der Waals surface area contributed by atoms with Crippen LogP contribution in [0.2, 0.25) is 0 Å². The highest BCUT2D eigenvalue weighted by atomic mass is 32.1. The number of aromatic nitrogens is 1. The minimum Gasteiger partial charge on any atom is -0.453 e. The first kappa shape index (κ1) is 18.5. The molecule has 7 heteroatoms. The number of nitrogens with two attached hydrogens (primary N) is 1. The van der Waals surface area contributed by atoms with E-state index in [1.165, 1.54) is 30.5 Å². The predicted molar refractivity (Wildman–Crippen MR) is 101 cm³/mol. The second-order valence-corrected chi connectivity index (χ2v) is 8.33. The quantitative estimate of drug-likeness (QED) is 0.867. The van der Waals surface area contributed by atoms with Crippen molar-refractivity contribution in [2.75, 3.05) is 39.0 Å². The van der Waals surface area contributed by atoms with Gasteiger partial charge in [-0.1, -0.05) is 6.92 Å². The number of nitrogen functional groups attached to an aromatic ring is 1. The van der Waals surface area contributed by atoms with Crippen LogP contribution in [0.3, 0.4) is 0 Å². The molecule has 6 nitrogen and oxygen atoms in total. The van der Waals surface area contributed by atoms with Crippen LogP contribution in [0.4, 0.5) is 9.93 Å². The molecular formula is C18H30N4O2S. The van der Waals surface area contributed by atoms with E-state index in [9.17, 15) is 4.79 Å². The molecule has 3 rings (SSSR count). The number of aryl methyl sites for hydroxylation is 1. The molecule has 0 spiro atoms. The molecular weight excluding hydrogens is 336 g/mol. The van der Waals surface area contributed by atoms with Crippen molar-refractivity contribution >= 4 is 22.6 Å². The number of fused-ring (bicyclic) bond motifs is 1. The maximum atomic E-state index is 11.6. The molecule has 0 bridgehead atoms. The number of methoxy groups -OCH3 is 1. The van der Waals surface area contributed by atoms with Crippen LogP contribution < -0.4 is 5.73 Å². The lowest BCUT2D eigenvalue weighted by Crippen LogP contribution is -2.45. The Morgan fingerprint density at radius 3 is 2.84 bits per heavy atom. The van der Waals surface area contributed by atoms with Gasteiger partial charge in [-0.2, -0.15) is 0 Å². The number of carbonyl (C=O) groups is 1. The van der Waals surface area contributed by atoms with E-state index in [1.807, 2.05) is 4.90 Å². The van der Waals surface area contributed by atoms with Crippen molar-refractivity contribution < 1.29 is 9.53 Å². The van der Waals surface area contributed by atoms with Crippen molar-refractivity contribution in [1.82, 2.24) is 14.8 Å². The van der Waals surface area contributed by atoms with Gasteiger partial charge in [-0.3, -0.25) is 4.90 Å². The standard InChI is InChI=1S/C18H30N4O2S/c1-3-8-22(12-13-6-9-21(10-7-13)18(23)24-2)14-4-5-15-16(11-14)25-17(19)20-15/h13-14H,3-12H2,1-2H3,(H2,19,20)/t14-/m1/s1. The highest BCUT2D eigenvalue weighted by Crippen LogP contribution is 2.31. The van der Waals surface area contributed by atoms with E-state index < -0.39 is 0 Å². The number of nitrogens with zero attached hydrogens (tertiary/aromatic N) is 3. The Hall–Kier alpha value is -1.34. The Kier molecular flexibility index (Phi) is 6.17. The van der Waals surface area contributed by atoms with Gasteiger partial charge in [0.2, 0.25) is 0 Å². The summed E-state index contributed by atoms with van der Waals surface area (Å²) in [7, 11) is 1.46. The molecule has 2 heterocycles. The highest BCUT2D eigenvalue weighted by Gasteiger charge is 2.30. The molecule has 140 valence electrons. The third-order valence-corrected chi connectivity index (χ3v) is 6.45. The van der Waals surface area contributed by atoms with Crippen molar-refractivity contribution in [2.45, 2.75) is 51.5 Å². The fourth-order valence-electron chi connectivity index (χ4n) is 4.16. The second kappa shape index (κ2) is 8.36. The first-order valence-electron chi connectivity index (χ1n) is 9.41. The van der Waals surface area contributed by atoms with Gasteiger partial charge < -0.3 is 15.4 Å². The first-order chi connectivity index (χ1) is 12.1. The van der Waals surface area contributed by atoms with Gasteiger partial charge in [0.25, 0.3) is 0 Å². The lowest BCUT2D eigenvalue weighted by Gasteiger charge is -2.38. The Morgan fingerprint density at radius 2 is 2.16 bits per heavy atom. The van der Waals surface area contributed by atoms with Crippen molar-refractivity contribution in [3.05, 3.63) is 10.6 Å². The molecule has 1 aliphatic heterocycles. The first-order valence-corrected chi connectivity index (χ1v) is 10.2. The zero-order valence-electron chi connectivity index (χ0n) is 15.4. The van der Waals surface area contributed by atoms with Crippen LogP contribution in [-0.2, 0) is 17.6 Å². The molecule has 1 aromatic heterocycles. The zero-order chi connectivity index (χ0) is 17.8.